The Morgan fingerprint density at radius 3 is 1.89 bits per heavy atom. The van der Waals surface area contributed by atoms with Gasteiger partial charge in [-0.05, 0) is 86.6 Å². The Kier molecular flexibility index (Phi) is 7.39. The molecule has 9 aromatic carbocycles. The molecule has 0 aliphatic heterocycles. The van der Waals surface area contributed by atoms with Crippen LogP contribution in [0.15, 0.2) is 205 Å². The topological polar surface area (TPSA) is 16.4 Å². The van der Waals surface area contributed by atoms with Crippen molar-refractivity contribution in [3.8, 4) is 33.4 Å². The molecule has 2 nitrogen and oxygen atoms in total. The van der Waals surface area contributed by atoms with Crippen LogP contribution in [0.3, 0.4) is 0 Å². The Bertz CT molecular complexity index is 3190. The summed E-state index contributed by atoms with van der Waals surface area (Å²) in [6.07, 6.45) is 0. The third-order valence-corrected chi connectivity index (χ3v) is 12.1. The first-order valence-electron chi connectivity index (χ1n) is 18.7. The van der Waals surface area contributed by atoms with Gasteiger partial charge in [-0.3, -0.25) is 0 Å². The molecule has 2 heterocycles. The molecule has 0 aliphatic rings. The average Bonchev–Trinajstić information content (AvgIpc) is 3.84. The fourth-order valence-electron chi connectivity index (χ4n) is 8.19. The Labute approximate surface area is 322 Å². The number of thiophene rings is 1. The van der Waals surface area contributed by atoms with E-state index in [9.17, 15) is 0 Å². The van der Waals surface area contributed by atoms with Crippen LogP contribution in [-0.2, 0) is 0 Å². The van der Waals surface area contributed by atoms with Gasteiger partial charge in [0, 0.05) is 31.9 Å². The summed E-state index contributed by atoms with van der Waals surface area (Å²) in [5.74, 6) is 0. The normalized spacial score (nSPS) is 11.6. The van der Waals surface area contributed by atoms with Crippen molar-refractivity contribution >= 4 is 81.3 Å². The SMILES string of the molecule is c1ccc(-c2ccc(-c3ccc(N(c4ccc(-c5ccc6ccccc6c5)cc4)c4cccc5c4sc4ccccc45)c4oc5ccccc5c34)cc2)cc1. The minimum Gasteiger partial charge on any atom is -0.454 e. The van der Waals surface area contributed by atoms with E-state index in [1.165, 1.54) is 53.2 Å². The number of benzene rings is 9. The summed E-state index contributed by atoms with van der Waals surface area (Å²) in [6, 6.07) is 72.1. The van der Waals surface area contributed by atoms with Crippen LogP contribution < -0.4 is 4.90 Å². The number of rotatable bonds is 6. The highest BCUT2D eigenvalue weighted by Gasteiger charge is 2.24. The zero-order valence-electron chi connectivity index (χ0n) is 29.8. The molecule has 258 valence electrons. The lowest BCUT2D eigenvalue weighted by Crippen LogP contribution is -2.10. The quantitative estimate of drug-likeness (QED) is 0.170. The van der Waals surface area contributed by atoms with Crippen molar-refractivity contribution in [1.29, 1.82) is 0 Å². The van der Waals surface area contributed by atoms with E-state index in [1.54, 1.807) is 0 Å². The molecule has 0 saturated heterocycles. The van der Waals surface area contributed by atoms with Crippen molar-refractivity contribution in [3.63, 3.8) is 0 Å². The van der Waals surface area contributed by atoms with Gasteiger partial charge < -0.3 is 9.32 Å². The van der Waals surface area contributed by atoms with Gasteiger partial charge in [-0.1, -0.05) is 158 Å². The second kappa shape index (κ2) is 12.9. The number of hydrogen-bond acceptors (Lipinski definition) is 3. The molecule has 0 radical (unpaired) electrons. The van der Waals surface area contributed by atoms with Gasteiger partial charge in [0.1, 0.15) is 5.58 Å². The van der Waals surface area contributed by atoms with Crippen LogP contribution in [0.4, 0.5) is 17.1 Å². The zero-order chi connectivity index (χ0) is 36.3. The highest BCUT2D eigenvalue weighted by molar-refractivity contribution is 7.26. The Hall–Kier alpha value is -6.94. The summed E-state index contributed by atoms with van der Waals surface area (Å²) < 4.78 is 9.45. The van der Waals surface area contributed by atoms with Gasteiger partial charge in [0.15, 0.2) is 5.58 Å². The second-order valence-corrected chi connectivity index (χ2v) is 15.1. The van der Waals surface area contributed by atoms with Gasteiger partial charge in [0.2, 0.25) is 0 Å². The summed E-state index contributed by atoms with van der Waals surface area (Å²) >= 11 is 1.84. The molecule has 3 heteroatoms. The van der Waals surface area contributed by atoms with Crippen molar-refractivity contribution in [2.45, 2.75) is 0 Å². The molecule has 0 saturated carbocycles. The highest BCUT2D eigenvalue weighted by atomic mass is 32.1. The minimum absolute atomic E-state index is 0.863. The second-order valence-electron chi connectivity index (χ2n) is 14.1. The Balaban J connectivity index is 1.12. The van der Waals surface area contributed by atoms with Gasteiger partial charge in [0.05, 0.1) is 16.1 Å². The molecule has 2 aromatic heterocycles. The monoisotopic (exact) mass is 719 g/mol. The summed E-state index contributed by atoms with van der Waals surface area (Å²) in [6.45, 7) is 0. The molecule has 0 spiro atoms. The molecule has 0 N–H and O–H groups in total. The first-order valence-corrected chi connectivity index (χ1v) is 19.5. The lowest BCUT2D eigenvalue weighted by Gasteiger charge is -2.27. The van der Waals surface area contributed by atoms with Crippen LogP contribution in [0.1, 0.15) is 0 Å². The summed E-state index contributed by atoms with van der Waals surface area (Å²) in [7, 11) is 0. The van der Waals surface area contributed by atoms with Crippen molar-refractivity contribution in [2.24, 2.45) is 0 Å². The Morgan fingerprint density at radius 1 is 0.400 bits per heavy atom. The minimum atomic E-state index is 0.863. The van der Waals surface area contributed by atoms with E-state index in [1.807, 2.05) is 11.3 Å². The predicted molar refractivity (Wildman–Crippen MR) is 235 cm³/mol. The van der Waals surface area contributed by atoms with E-state index in [4.69, 9.17) is 4.42 Å². The molecule has 55 heavy (non-hydrogen) atoms. The van der Waals surface area contributed by atoms with Crippen LogP contribution in [0.2, 0.25) is 0 Å². The van der Waals surface area contributed by atoms with Crippen LogP contribution >= 0.6 is 11.3 Å². The van der Waals surface area contributed by atoms with Crippen LogP contribution in [-0.4, -0.2) is 0 Å². The fraction of sp³-hybridized carbons (Fsp3) is 0. The third kappa shape index (κ3) is 5.32. The summed E-state index contributed by atoms with van der Waals surface area (Å²) in [4.78, 5) is 2.40. The number of furan rings is 1. The molecule has 0 unspecified atom stereocenters. The molecule has 11 aromatic rings. The largest absolute Gasteiger partial charge is 0.454 e. The van der Waals surface area contributed by atoms with E-state index in [2.05, 4.69) is 205 Å². The molecule has 11 rings (SSSR count). The lowest BCUT2D eigenvalue weighted by atomic mass is 9.96. The fourth-order valence-corrected chi connectivity index (χ4v) is 9.40. The van der Waals surface area contributed by atoms with E-state index < -0.39 is 0 Å². The van der Waals surface area contributed by atoms with Gasteiger partial charge in [-0.25, -0.2) is 0 Å². The first kappa shape index (κ1) is 31.6. The molecule has 0 bridgehead atoms. The smallest absolute Gasteiger partial charge is 0.160 e. The van der Waals surface area contributed by atoms with Gasteiger partial charge in [-0.15, -0.1) is 11.3 Å². The number of hydrogen-bond donors (Lipinski definition) is 0. The van der Waals surface area contributed by atoms with Crippen molar-refractivity contribution in [2.75, 3.05) is 4.90 Å². The van der Waals surface area contributed by atoms with E-state index in [0.29, 0.717) is 0 Å². The first-order chi connectivity index (χ1) is 27.3. The maximum Gasteiger partial charge on any atom is 0.160 e. The predicted octanol–water partition coefficient (Wildman–Crippen LogP) is 15.6. The number of para-hydroxylation sites is 1. The van der Waals surface area contributed by atoms with E-state index in [-0.39, 0.29) is 0 Å². The molecular formula is C52H33NOS. The van der Waals surface area contributed by atoms with Crippen molar-refractivity contribution < 1.29 is 4.42 Å². The van der Waals surface area contributed by atoms with Gasteiger partial charge in [-0.2, -0.15) is 0 Å². The third-order valence-electron chi connectivity index (χ3n) is 10.9. The standard InChI is InChI=1S/C52H33NOS/c1-2-11-34(12-3-1)36-21-24-38(25-22-36)42-31-32-46(51-50(42)45-16-6-8-19-48(45)54-51)53(47-18-10-17-44-43-15-7-9-20-49(43)55-52(44)47)41-29-27-37(28-30-41)40-26-23-35-13-4-5-14-39(35)33-40/h1-33H. The number of anilines is 3. The van der Waals surface area contributed by atoms with E-state index in [0.717, 1.165) is 50.1 Å². The molecule has 0 fully saturated rings. The molecular weight excluding hydrogens is 687 g/mol. The molecule has 0 aliphatic carbocycles. The van der Waals surface area contributed by atoms with Crippen molar-refractivity contribution in [3.05, 3.63) is 200 Å². The average molecular weight is 720 g/mol. The molecule has 0 amide bonds. The lowest BCUT2D eigenvalue weighted by molar-refractivity contribution is 0.669. The maximum absolute atomic E-state index is 6.93. The maximum atomic E-state index is 6.93. The van der Waals surface area contributed by atoms with Gasteiger partial charge in [0.25, 0.3) is 0 Å². The highest BCUT2D eigenvalue weighted by Crippen LogP contribution is 2.49. The number of nitrogens with zero attached hydrogens (tertiary/aromatic N) is 1. The van der Waals surface area contributed by atoms with Crippen LogP contribution in [0, 0.1) is 0 Å². The van der Waals surface area contributed by atoms with E-state index >= 15 is 0 Å². The Morgan fingerprint density at radius 2 is 1.04 bits per heavy atom. The van der Waals surface area contributed by atoms with Crippen LogP contribution in [0.25, 0.3) is 86.3 Å². The van der Waals surface area contributed by atoms with Crippen LogP contribution in [0.5, 0.6) is 0 Å². The van der Waals surface area contributed by atoms with Crippen molar-refractivity contribution in [1.82, 2.24) is 0 Å². The summed E-state index contributed by atoms with van der Waals surface area (Å²) in [5.41, 5.74) is 12.0. The zero-order valence-corrected chi connectivity index (χ0v) is 30.6. The van der Waals surface area contributed by atoms with Gasteiger partial charge >= 0.3 is 0 Å². The molecule has 0 atom stereocenters. The summed E-state index contributed by atoms with van der Waals surface area (Å²) in [5, 5.41) is 7.24. The number of fused-ring (bicyclic) bond motifs is 7.